The van der Waals surface area contributed by atoms with E-state index in [0.29, 0.717) is 19.6 Å². The molecule has 0 aromatic carbocycles. The number of alkyl halides is 3. The standard InChI is InChI=1S/C8H13F3N2OS/c1-6-4-13(3-2-12-6)7(14)5-15-8(9,10)11/h6,12H,2-5H2,1H3/t6-/m0/s1. The Bertz CT molecular complexity index is 234. The minimum absolute atomic E-state index is 0.151. The number of carbonyl (C=O) groups is 1. The Morgan fingerprint density at radius 3 is 2.80 bits per heavy atom. The Hall–Kier alpha value is -0.430. The minimum atomic E-state index is -4.32. The van der Waals surface area contributed by atoms with Crippen LogP contribution in [-0.2, 0) is 4.79 Å². The second-order valence-electron chi connectivity index (χ2n) is 3.43. The van der Waals surface area contributed by atoms with Gasteiger partial charge in [0.25, 0.3) is 0 Å². The summed E-state index contributed by atoms with van der Waals surface area (Å²) in [6.07, 6.45) is 0. The zero-order chi connectivity index (χ0) is 11.5. The van der Waals surface area contributed by atoms with Crippen molar-refractivity contribution in [1.82, 2.24) is 10.2 Å². The molecule has 0 aromatic rings. The summed E-state index contributed by atoms with van der Waals surface area (Å²) >= 11 is -0.275. The number of hydrogen-bond donors (Lipinski definition) is 1. The average molecular weight is 242 g/mol. The topological polar surface area (TPSA) is 32.3 Å². The van der Waals surface area contributed by atoms with Crippen LogP contribution in [-0.4, -0.2) is 47.7 Å². The van der Waals surface area contributed by atoms with E-state index in [1.165, 1.54) is 4.90 Å². The van der Waals surface area contributed by atoms with Crippen LogP contribution in [0, 0.1) is 0 Å². The van der Waals surface area contributed by atoms with E-state index >= 15 is 0 Å². The van der Waals surface area contributed by atoms with Gasteiger partial charge in [0.1, 0.15) is 0 Å². The maximum absolute atomic E-state index is 11.8. The van der Waals surface area contributed by atoms with Gasteiger partial charge in [0.15, 0.2) is 0 Å². The van der Waals surface area contributed by atoms with Gasteiger partial charge >= 0.3 is 5.51 Å². The summed E-state index contributed by atoms with van der Waals surface area (Å²) < 4.78 is 35.5. The van der Waals surface area contributed by atoms with Gasteiger partial charge in [-0.1, -0.05) is 0 Å². The average Bonchev–Trinajstić information content (AvgIpc) is 2.13. The van der Waals surface area contributed by atoms with Crippen LogP contribution in [0.5, 0.6) is 0 Å². The van der Waals surface area contributed by atoms with Crippen molar-refractivity contribution in [2.45, 2.75) is 18.5 Å². The molecule has 1 saturated heterocycles. The lowest BCUT2D eigenvalue weighted by Gasteiger charge is -2.31. The van der Waals surface area contributed by atoms with E-state index in [1.807, 2.05) is 6.92 Å². The summed E-state index contributed by atoms with van der Waals surface area (Å²) in [5.74, 6) is -0.957. The maximum Gasteiger partial charge on any atom is 0.442 e. The van der Waals surface area contributed by atoms with Crippen molar-refractivity contribution < 1.29 is 18.0 Å². The lowest BCUT2D eigenvalue weighted by atomic mass is 10.2. The molecule has 1 rings (SSSR count). The van der Waals surface area contributed by atoms with Gasteiger partial charge in [-0.2, -0.15) is 13.2 Å². The van der Waals surface area contributed by atoms with Crippen LogP contribution in [0.2, 0.25) is 0 Å². The number of hydrogen-bond acceptors (Lipinski definition) is 3. The Balaban J connectivity index is 2.33. The van der Waals surface area contributed by atoms with Gasteiger partial charge in [-0.15, -0.1) is 0 Å². The number of piperazine rings is 1. The van der Waals surface area contributed by atoms with E-state index in [1.54, 1.807) is 0 Å². The van der Waals surface area contributed by atoms with Crippen molar-refractivity contribution in [3.8, 4) is 0 Å². The minimum Gasteiger partial charge on any atom is -0.339 e. The Morgan fingerprint density at radius 1 is 1.60 bits per heavy atom. The molecule has 0 aliphatic carbocycles. The molecule has 7 heteroatoms. The predicted molar refractivity (Wildman–Crippen MR) is 52.6 cm³/mol. The van der Waals surface area contributed by atoms with E-state index in [-0.39, 0.29) is 17.8 Å². The predicted octanol–water partition coefficient (Wildman–Crippen LogP) is 1.06. The zero-order valence-electron chi connectivity index (χ0n) is 8.30. The van der Waals surface area contributed by atoms with Crippen LogP contribution in [0.3, 0.4) is 0 Å². The highest BCUT2D eigenvalue weighted by atomic mass is 32.2. The molecular weight excluding hydrogens is 229 g/mol. The molecule has 0 unspecified atom stereocenters. The van der Waals surface area contributed by atoms with Gasteiger partial charge in [-0.25, -0.2) is 0 Å². The van der Waals surface area contributed by atoms with Gasteiger partial charge in [0.2, 0.25) is 5.91 Å². The Kier molecular flexibility index (Phi) is 4.27. The summed E-state index contributed by atoms with van der Waals surface area (Å²) in [4.78, 5) is 12.8. The van der Waals surface area contributed by atoms with E-state index in [2.05, 4.69) is 5.32 Å². The van der Waals surface area contributed by atoms with Gasteiger partial charge in [0.05, 0.1) is 5.75 Å². The fourth-order valence-electron chi connectivity index (χ4n) is 1.39. The largest absolute Gasteiger partial charge is 0.442 e. The second kappa shape index (κ2) is 5.07. The summed E-state index contributed by atoms with van der Waals surface area (Å²) in [5, 5.41) is 3.12. The van der Waals surface area contributed by atoms with Crippen LogP contribution in [0.25, 0.3) is 0 Å². The first-order valence-corrected chi connectivity index (χ1v) is 5.59. The van der Waals surface area contributed by atoms with Crippen molar-refractivity contribution >= 4 is 17.7 Å². The van der Waals surface area contributed by atoms with Crippen molar-refractivity contribution in [1.29, 1.82) is 0 Å². The highest BCUT2D eigenvalue weighted by Crippen LogP contribution is 2.30. The van der Waals surface area contributed by atoms with Gasteiger partial charge in [-0.3, -0.25) is 4.79 Å². The Morgan fingerprint density at radius 2 is 2.27 bits per heavy atom. The zero-order valence-corrected chi connectivity index (χ0v) is 9.12. The third-order valence-corrected chi connectivity index (χ3v) is 2.80. The van der Waals surface area contributed by atoms with Gasteiger partial charge in [0, 0.05) is 25.7 Å². The third kappa shape index (κ3) is 4.74. The molecule has 1 amide bonds. The number of amides is 1. The van der Waals surface area contributed by atoms with Crippen molar-refractivity contribution in [3.05, 3.63) is 0 Å². The number of rotatable bonds is 2. The number of nitrogens with one attached hydrogen (secondary N) is 1. The highest BCUT2D eigenvalue weighted by Gasteiger charge is 2.31. The van der Waals surface area contributed by atoms with Crippen molar-refractivity contribution in [2.24, 2.45) is 0 Å². The van der Waals surface area contributed by atoms with E-state index < -0.39 is 17.2 Å². The molecule has 1 fully saturated rings. The fraction of sp³-hybridized carbons (Fsp3) is 0.875. The normalized spacial score (nSPS) is 22.9. The summed E-state index contributed by atoms with van der Waals surface area (Å²) in [5.41, 5.74) is -4.32. The molecule has 0 aromatic heterocycles. The summed E-state index contributed by atoms with van der Waals surface area (Å²) in [7, 11) is 0. The number of thioether (sulfide) groups is 1. The third-order valence-electron chi connectivity index (χ3n) is 2.08. The second-order valence-corrected chi connectivity index (χ2v) is 4.47. The lowest BCUT2D eigenvalue weighted by Crippen LogP contribution is -2.51. The molecule has 15 heavy (non-hydrogen) atoms. The van der Waals surface area contributed by atoms with Crippen molar-refractivity contribution in [3.63, 3.8) is 0 Å². The molecule has 0 bridgehead atoms. The number of nitrogens with zero attached hydrogens (tertiary/aromatic N) is 1. The molecule has 3 nitrogen and oxygen atoms in total. The van der Waals surface area contributed by atoms with Crippen LogP contribution in [0.4, 0.5) is 13.2 Å². The van der Waals surface area contributed by atoms with E-state index in [9.17, 15) is 18.0 Å². The van der Waals surface area contributed by atoms with Crippen molar-refractivity contribution in [2.75, 3.05) is 25.4 Å². The number of halogens is 3. The SMILES string of the molecule is C[C@H]1CN(C(=O)CSC(F)(F)F)CCN1. The quantitative estimate of drug-likeness (QED) is 0.786. The molecule has 0 saturated carbocycles. The lowest BCUT2D eigenvalue weighted by molar-refractivity contribution is -0.129. The molecule has 1 aliphatic heterocycles. The Labute approximate surface area is 90.4 Å². The molecule has 88 valence electrons. The first-order valence-electron chi connectivity index (χ1n) is 4.60. The van der Waals surface area contributed by atoms with Gasteiger partial charge in [-0.05, 0) is 18.7 Å². The first kappa shape index (κ1) is 12.6. The fourth-order valence-corrected chi connectivity index (χ4v) is 1.86. The maximum atomic E-state index is 11.8. The molecule has 1 aliphatic rings. The first-order chi connectivity index (χ1) is 6.88. The monoisotopic (exact) mass is 242 g/mol. The molecular formula is C8H13F3N2OS. The smallest absolute Gasteiger partial charge is 0.339 e. The van der Waals surface area contributed by atoms with E-state index in [4.69, 9.17) is 0 Å². The van der Waals surface area contributed by atoms with Gasteiger partial charge < -0.3 is 10.2 Å². The number of carbonyl (C=O) groups excluding carboxylic acids is 1. The van der Waals surface area contributed by atoms with Crippen LogP contribution in [0.15, 0.2) is 0 Å². The summed E-state index contributed by atoms with van der Waals surface area (Å²) in [6, 6.07) is 0.151. The molecule has 0 spiro atoms. The van der Waals surface area contributed by atoms with Crippen LogP contribution >= 0.6 is 11.8 Å². The molecule has 0 radical (unpaired) electrons. The highest BCUT2D eigenvalue weighted by molar-refractivity contribution is 8.00. The molecule has 1 heterocycles. The molecule has 1 N–H and O–H groups in total. The van der Waals surface area contributed by atoms with Crippen LogP contribution in [0.1, 0.15) is 6.92 Å². The van der Waals surface area contributed by atoms with Crippen LogP contribution < -0.4 is 5.32 Å². The summed E-state index contributed by atoms with van der Waals surface area (Å²) in [6.45, 7) is 3.51. The van der Waals surface area contributed by atoms with E-state index in [0.717, 1.165) is 0 Å². The molecule has 1 atom stereocenters.